The van der Waals surface area contributed by atoms with Gasteiger partial charge in [-0.05, 0) is 19.1 Å². The first kappa shape index (κ1) is 15.4. The van der Waals surface area contributed by atoms with Crippen molar-refractivity contribution in [1.82, 2.24) is 9.88 Å². The molecule has 1 unspecified atom stereocenters. The lowest BCUT2D eigenvalue weighted by Gasteiger charge is -2.27. The van der Waals surface area contributed by atoms with Crippen LogP contribution in [0.25, 0.3) is 10.9 Å². The van der Waals surface area contributed by atoms with Crippen LogP contribution in [0.2, 0.25) is 0 Å². The number of hydrogen-bond acceptors (Lipinski definition) is 3. The van der Waals surface area contributed by atoms with E-state index in [1.807, 2.05) is 6.07 Å². The molecule has 0 saturated heterocycles. The topological polar surface area (TPSA) is 70.5 Å². The number of carbonyl (C=O) groups excluding carboxylic acids is 1. The average Bonchev–Trinajstić information content (AvgIpc) is 2.45. The van der Waals surface area contributed by atoms with Crippen LogP contribution in [-0.4, -0.2) is 33.4 Å². The Balaban J connectivity index is 2.69. The summed E-state index contributed by atoms with van der Waals surface area (Å²) in [5, 5.41) is 10.4. The summed E-state index contributed by atoms with van der Waals surface area (Å²) in [6.07, 6.45) is 1.61. The van der Waals surface area contributed by atoms with E-state index in [1.54, 1.807) is 31.3 Å². The lowest BCUT2D eigenvalue weighted by Crippen LogP contribution is -2.37. The van der Waals surface area contributed by atoms with Gasteiger partial charge in [-0.3, -0.25) is 9.78 Å². The molecule has 0 saturated carbocycles. The number of aromatic nitrogens is 1. The van der Waals surface area contributed by atoms with E-state index in [1.165, 1.54) is 11.8 Å². The average molecular weight is 351 g/mol. The van der Waals surface area contributed by atoms with Crippen LogP contribution in [-0.2, 0) is 9.59 Å². The number of likely N-dealkylation sites (N-methyl/N-ethyl adjacent to an activating group) is 1. The summed E-state index contributed by atoms with van der Waals surface area (Å²) in [4.78, 5) is 29.0. The summed E-state index contributed by atoms with van der Waals surface area (Å²) in [7, 11) is 0. The highest BCUT2D eigenvalue weighted by molar-refractivity contribution is 9.10. The standard InChI is InChI=1S/C15H15BrN2O3/c1-3-18(9(2)19)14(15(20)21)11-6-7-12(16)10-5-4-8-17-13(10)11/h4-8,14H,3H2,1-2H3,(H,20,21). The molecule has 0 spiro atoms. The van der Waals surface area contributed by atoms with Crippen molar-refractivity contribution < 1.29 is 14.7 Å². The monoisotopic (exact) mass is 350 g/mol. The van der Waals surface area contributed by atoms with E-state index in [4.69, 9.17) is 0 Å². The first-order valence-corrected chi connectivity index (χ1v) is 7.29. The second-order valence-electron chi connectivity index (χ2n) is 4.58. The van der Waals surface area contributed by atoms with Crippen LogP contribution in [0, 0.1) is 0 Å². The Labute approximate surface area is 130 Å². The van der Waals surface area contributed by atoms with Crippen molar-refractivity contribution in [1.29, 1.82) is 0 Å². The zero-order chi connectivity index (χ0) is 15.6. The zero-order valence-electron chi connectivity index (χ0n) is 11.7. The lowest BCUT2D eigenvalue weighted by molar-refractivity contribution is -0.149. The van der Waals surface area contributed by atoms with Crippen LogP contribution in [0.3, 0.4) is 0 Å². The fourth-order valence-electron chi connectivity index (χ4n) is 2.40. The van der Waals surface area contributed by atoms with Crippen molar-refractivity contribution in [2.45, 2.75) is 19.9 Å². The third kappa shape index (κ3) is 2.90. The van der Waals surface area contributed by atoms with Crippen LogP contribution in [0.15, 0.2) is 34.9 Å². The first-order valence-electron chi connectivity index (χ1n) is 6.50. The van der Waals surface area contributed by atoms with Crippen LogP contribution < -0.4 is 0 Å². The van der Waals surface area contributed by atoms with Crippen LogP contribution in [0.4, 0.5) is 0 Å². The minimum absolute atomic E-state index is 0.281. The molecule has 110 valence electrons. The Bertz CT molecular complexity index is 702. The van der Waals surface area contributed by atoms with Crippen molar-refractivity contribution >= 4 is 38.7 Å². The quantitative estimate of drug-likeness (QED) is 0.919. The highest BCUT2D eigenvalue weighted by Gasteiger charge is 2.30. The summed E-state index contributed by atoms with van der Waals surface area (Å²) >= 11 is 3.43. The minimum Gasteiger partial charge on any atom is -0.479 e. The van der Waals surface area contributed by atoms with Gasteiger partial charge < -0.3 is 10.0 Å². The smallest absolute Gasteiger partial charge is 0.331 e. The molecule has 1 aromatic carbocycles. The van der Waals surface area contributed by atoms with E-state index < -0.39 is 12.0 Å². The predicted octanol–water partition coefficient (Wildman–Crippen LogP) is 2.99. The summed E-state index contributed by atoms with van der Waals surface area (Å²) < 4.78 is 0.837. The van der Waals surface area contributed by atoms with Crippen molar-refractivity contribution in [2.24, 2.45) is 0 Å². The van der Waals surface area contributed by atoms with Crippen molar-refractivity contribution in [2.75, 3.05) is 6.54 Å². The molecule has 21 heavy (non-hydrogen) atoms. The highest BCUT2D eigenvalue weighted by atomic mass is 79.9. The van der Waals surface area contributed by atoms with Gasteiger partial charge >= 0.3 is 5.97 Å². The number of carbonyl (C=O) groups is 2. The summed E-state index contributed by atoms with van der Waals surface area (Å²) in [5.74, 6) is -1.35. The molecular formula is C15H15BrN2O3. The zero-order valence-corrected chi connectivity index (χ0v) is 13.3. The van der Waals surface area contributed by atoms with Gasteiger partial charge in [0.15, 0.2) is 6.04 Å². The maximum atomic E-state index is 11.7. The number of carboxylic acid groups (broad SMARTS) is 1. The number of hydrogen-bond donors (Lipinski definition) is 1. The number of aliphatic carboxylic acids is 1. The minimum atomic E-state index is -1.07. The van der Waals surface area contributed by atoms with E-state index in [0.29, 0.717) is 17.6 Å². The molecule has 5 nitrogen and oxygen atoms in total. The molecule has 1 N–H and O–H groups in total. The predicted molar refractivity (Wildman–Crippen MR) is 82.9 cm³/mol. The SMILES string of the molecule is CCN(C(C)=O)C(C(=O)O)c1ccc(Br)c2cccnc12. The molecule has 1 atom stereocenters. The molecular weight excluding hydrogens is 336 g/mol. The number of nitrogens with zero attached hydrogens (tertiary/aromatic N) is 2. The molecule has 0 aliphatic rings. The van der Waals surface area contributed by atoms with Gasteiger partial charge in [-0.15, -0.1) is 0 Å². The largest absolute Gasteiger partial charge is 0.479 e. The molecule has 0 fully saturated rings. The van der Waals surface area contributed by atoms with Crippen molar-refractivity contribution in [3.63, 3.8) is 0 Å². The maximum Gasteiger partial charge on any atom is 0.331 e. The second kappa shape index (κ2) is 6.22. The molecule has 0 bridgehead atoms. The number of rotatable bonds is 4. The van der Waals surface area contributed by atoms with E-state index in [2.05, 4.69) is 20.9 Å². The molecule has 2 aromatic rings. The van der Waals surface area contributed by atoms with Gasteiger partial charge in [0.2, 0.25) is 5.91 Å². The number of benzene rings is 1. The molecule has 1 aromatic heterocycles. The first-order chi connectivity index (χ1) is 9.97. The van der Waals surface area contributed by atoms with E-state index >= 15 is 0 Å². The van der Waals surface area contributed by atoms with Gasteiger partial charge in [-0.2, -0.15) is 0 Å². The lowest BCUT2D eigenvalue weighted by atomic mass is 10.0. The van der Waals surface area contributed by atoms with Crippen LogP contribution in [0.1, 0.15) is 25.5 Å². The highest BCUT2D eigenvalue weighted by Crippen LogP contribution is 2.31. The van der Waals surface area contributed by atoms with Crippen molar-refractivity contribution in [3.05, 3.63) is 40.5 Å². The molecule has 1 amide bonds. The van der Waals surface area contributed by atoms with Gasteiger partial charge in [-0.25, -0.2) is 4.79 Å². The summed E-state index contributed by atoms with van der Waals surface area (Å²) in [6.45, 7) is 3.44. The Hall–Kier alpha value is -1.95. The fraction of sp³-hybridized carbons (Fsp3) is 0.267. The van der Waals surface area contributed by atoms with Gasteiger partial charge in [0, 0.05) is 35.1 Å². The molecule has 2 rings (SSSR count). The maximum absolute atomic E-state index is 11.7. The van der Waals surface area contributed by atoms with E-state index in [-0.39, 0.29) is 5.91 Å². The molecule has 0 aliphatic heterocycles. The van der Waals surface area contributed by atoms with Crippen LogP contribution >= 0.6 is 15.9 Å². The van der Waals surface area contributed by atoms with E-state index in [0.717, 1.165) is 9.86 Å². The van der Waals surface area contributed by atoms with Crippen molar-refractivity contribution in [3.8, 4) is 0 Å². The normalized spacial score (nSPS) is 12.1. The Kier molecular flexibility index (Phi) is 4.57. The van der Waals surface area contributed by atoms with Gasteiger partial charge in [0.25, 0.3) is 0 Å². The summed E-state index contributed by atoms with van der Waals surface area (Å²) in [6, 6.07) is 6.08. The number of carboxylic acids is 1. The number of fused-ring (bicyclic) bond motifs is 1. The van der Waals surface area contributed by atoms with Gasteiger partial charge in [-0.1, -0.05) is 28.1 Å². The molecule has 1 heterocycles. The third-order valence-electron chi connectivity index (χ3n) is 3.33. The van der Waals surface area contributed by atoms with Gasteiger partial charge in [0.05, 0.1) is 5.52 Å². The Morgan fingerprint density at radius 2 is 2.10 bits per heavy atom. The Morgan fingerprint density at radius 3 is 2.67 bits per heavy atom. The second-order valence-corrected chi connectivity index (χ2v) is 5.44. The molecule has 0 aliphatic carbocycles. The Morgan fingerprint density at radius 1 is 1.38 bits per heavy atom. The van der Waals surface area contributed by atoms with Gasteiger partial charge in [0.1, 0.15) is 0 Å². The molecule has 0 radical (unpaired) electrons. The number of pyridine rings is 1. The van der Waals surface area contributed by atoms with Crippen LogP contribution in [0.5, 0.6) is 0 Å². The van der Waals surface area contributed by atoms with E-state index in [9.17, 15) is 14.7 Å². The third-order valence-corrected chi connectivity index (χ3v) is 4.02. The fourth-order valence-corrected chi connectivity index (χ4v) is 2.85. The number of amides is 1. The summed E-state index contributed by atoms with van der Waals surface area (Å²) in [5.41, 5.74) is 1.09. The molecule has 6 heteroatoms. The number of halogens is 1.